The van der Waals surface area contributed by atoms with Gasteiger partial charge in [0.15, 0.2) is 0 Å². The van der Waals surface area contributed by atoms with Gasteiger partial charge in [0.2, 0.25) is 0 Å². The maximum Gasteiger partial charge on any atom is 0.306 e. The molecule has 0 heterocycles. The van der Waals surface area contributed by atoms with Gasteiger partial charge in [-0.25, -0.2) is 0 Å². The maximum atomic E-state index is 11.3. The smallest absolute Gasteiger partial charge is 0.306 e. The van der Waals surface area contributed by atoms with Gasteiger partial charge in [-0.15, -0.1) is 23.9 Å². The zero-order valence-electron chi connectivity index (χ0n) is 9.30. The highest BCUT2D eigenvalue weighted by Crippen LogP contribution is 2.07. The molecule has 0 aromatic carbocycles. The third-order valence-corrected chi connectivity index (χ3v) is 2.30. The molecule has 0 spiro atoms. The molecule has 0 aromatic rings. The van der Waals surface area contributed by atoms with Crippen LogP contribution in [0.15, 0.2) is 0 Å². The highest BCUT2D eigenvalue weighted by molar-refractivity contribution is 6.17. The summed E-state index contributed by atoms with van der Waals surface area (Å²) in [4.78, 5) is 11.3. The van der Waals surface area contributed by atoms with E-state index in [-0.39, 0.29) is 12.1 Å². The van der Waals surface area contributed by atoms with Crippen LogP contribution in [-0.4, -0.2) is 18.0 Å². The molecule has 0 N–H and O–H groups in total. The average Bonchev–Trinajstić information content (AvgIpc) is 2.18. The van der Waals surface area contributed by atoms with Crippen molar-refractivity contribution in [3.05, 3.63) is 0 Å². The molecule has 0 aliphatic rings. The number of carbonyl (C=O) groups is 1. The summed E-state index contributed by atoms with van der Waals surface area (Å²) in [5.41, 5.74) is 0. The minimum atomic E-state index is -0.131. The van der Waals surface area contributed by atoms with Gasteiger partial charge in [0, 0.05) is 18.7 Å². The first kappa shape index (κ1) is 14.3. The lowest BCUT2D eigenvalue weighted by Gasteiger charge is -2.12. The lowest BCUT2D eigenvalue weighted by atomic mass is 10.2. The quantitative estimate of drug-likeness (QED) is 0.277. The Kier molecular flexibility index (Phi) is 9.41. The fourth-order valence-electron chi connectivity index (χ4n) is 1.20. The summed E-state index contributed by atoms with van der Waals surface area (Å²) in [6, 6.07) is 0. The number of ether oxygens (including phenoxy) is 1. The van der Waals surface area contributed by atoms with Gasteiger partial charge in [-0.2, -0.15) is 0 Å². The van der Waals surface area contributed by atoms with E-state index in [4.69, 9.17) is 22.8 Å². The van der Waals surface area contributed by atoms with Gasteiger partial charge in [-0.1, -0.05) is 0 Å². The fraction of sp³-hybridized carbons (Fsp3) is 0.750. The van der Waals surface area contributed by atoms with E-state index < -0.39 is 0 Å². The molecule has 0 fully saturated rings. The second-order valence-corrected chi connectivity index (χ2v) is 3.92. The zero-order valence-corrected chi connectivity index (χ0v) is 10.1. The number of unbranched alkanes of at least 4 members (excludes halogenated alkanes) is 2. The molecule has 2 nitrogen and oxygen atoms in total. The third-order valence-electron chi connectivity index (χ3n) is 2.03. The number of hydrogen-bond donors (Lipinski definition) is 0. The van der Waals surface area contributed by atoms with Crippen LogP contribution >= 0.6 is 11.6 Å². The molecule has 1 unspecified atom stereocenters. The van der Waals surface area contributed by atoms with Crippen molar-refractivity contribution < 1.29 is 9.53 Å². The molecule has 0 aliphatic heterocycles. The molecule has 86 valence electrons. The Morgan fingerprint density at radius 2 is 2.20 bits per heavy atom. The minimum Gasteiger partial charge on any atom is -0.463 e. The summed E-state index contributed by atoms with van der Waals surface area (Å²) in [7, 11) is 0. The van der Waals surface area contributed by atoms with Gasteiger partial charge in [0.25, 0.3) is 0 Å². The molecular formula is C12H19ClO2. The van der Waals surface area contributed by atoms with E-state index in [2.05, 4.69) is 5.92 Å². The molecule has 0 rings (SSSR count). The van der Waals surface area contributed by atoms with Crippen LogP contribution in [0, 0.1) is 12.3 Å². The summed E-state index contributed by atoms with van der Waals surface area (Å²) >= 11 is 5.50. The normalized spacial score (nSPS) is 11.8. The number of rotatable bonds is 8. The van der Waals surface area contributed by atoms with Crippen molar-refractivity contribution >= 4 is 17.6 Å². The third kappa shape index (κ3) is 9.62. The largest absolute Gasteiger partial charge is 0.463 e. The number of alkyl halides is 1. The van der Waals surface area contributed by atoms with E-state index in [0.29, 0.717) is 12.3 Å². The summed E-state index contributed by atoms with van der Waals surface area (Å²) in [5.74, 6) is 3.03. The minimum absolute atomic E-state index is 0.0261. The van der Waals surface area contributed by atoms with Crippen molar-refractivity contribution in [2.45, 2.75) is 51.6 Å². The number of esters is 1. The Morgan fingerprint density at radius 1 is 1.47 bits per heavy atom. The second-order valence-electron chi connectivity index (χ2n) is 3.54. The highest BCUT2D eigenvalue weighted by Gasteiger charge is 2.08. The SMILES string of the molecule is C#CCCCC(C)OC(=O)CCCCCl. The number of terminal acetylenes is 1. The monoisotopic (exact) mass is 230 g/mol. The summed E-state index contributed by atoms with van der Waals surface area (Å²) in [5, 5.41) is 0. The van der Waals surface area contributed by atoms with Gasteiger partial charge in [0.1, 0.15) is 0 Å². The van der Waals surface area contributed by atoms with E-state index >= 15 is 0 Å². The van der Waals surface area contributed by atoms with Gasteiger partial charge >= 0.3 is 5.97 Å². The first-order chi connectivity index (χ1) is 7.20. The van der Waals surface area contributed by atoms with Gasteiger partial charge in [-0.05, 0) is 32.6 Å². The van der Waals surface area contributed by atoms with Crippen molar-refractivity contribution in [3.8, 4) is 12.3 Å². The molecule has 0 saturated heterocycles. The first-order valence-electron chi connectivity index (χ1n) is 5.39. The van der Waals surface area contributed by atoms with E-state index in [0.717, 1.165) is 32.1 Å². The Hall–Kier alpha value is -0.680. The van der Waals surface area contributed by atoms with E-state index in [1.54, 1.807) is 0 Å². The van der Waals surface area contributed by atoms with Crippen LogP contribution in [0.1, 0.15) is 45.4 Å². The predicted molar refractivity (Wildman–Crippen MR) is 62.8 cm³/mol. The predicted octanol–water partition coefficient (Wildman–Crippen LogP) is 3.13. The molecule has 0 aliphatic carbocycles. The van der Waals surface area contributed by atoms with Crippen LogP contribution in [0.25, 0.3) is 0 Å². The van der Waals surface area contributed by atoms with Gasteiger partial charge < -0.3 is 4.74 Å². The van der Waals surface area contributed by atoms with E-state index in [9.17, 15) is 4.79 Å². The summed E-state index contributed by atoms with van der Waals surface area (Å²) in [6.45, 7) is 1.90. The van der Waals surface area contributed by atoms with Gasteiger partial charge in [0.05, 0.1) is 6.10 Å². The van der Waals surface area contributed by atoms with E-state index in [1.807, 2.05) is 6.92 Å². The molecule has 0 radical (unpaired) electrons. The highest BCUT2D eigenvalue weighted by atomic mass is 35.5. The van der Waals surface area contributed by atoms with Crippen molar-refractivity contribution in [2.75, 3.05) is 5.88 Å². The van der Waals surface area contributed by atoms with Gasteiger partial charge in [-0.3, -0.25) is 4.79 Å². The van der Waals surface area contributed by atoms with Crippen LogP contribution < -0.4 is 0 Å². The number of halogens is 1. The molecule has 15 heavy (non-hydrogen) atoms. The lowest BCUT2D eigenvalue weighted by molar-refractivity contribution is -0.148. The number of hydrogen-bond acceptors (Lipinski definition) is 2. The topological polar surface area (TPSA) is 26.3 Å². The van der Waals surface area contributed by atoms with Crippen LogP contribution in [0.4, 0.5) is 0 Å². The van der Waals surface area contributed by atoms with Crippen molar-refractivity contribution in [1.29, 1.82) is 0 Å². The first-order valence-corrected chi connectivity index (χ1v) is 5.93. The van der Waals surface area contributed by atoms with Crippen molar-refractivity contribution in [1.82, 2.24) is 0 Å². The Labute approximate surface area is 97.3 Å². The second kappa shape index (κ2) is 9.86. The Morgan fingerprint density at radius 3 is 2.80 bits per heavy atom. The van der Waals surface area contributed by atoms with Crippen LogP contribution in [0.2, 0.25) is 0 Å². The molecule has 0 bridgehead atoms. The maximum absolute atomic E-state index is 11.3. The Balaban J connectivity index is 3.45. The molecule has 0 aromatic heterocycles. The molecule has 0 amide bonds. The Bertz CT molecular complexity index is 208. The molecular weight excluding hydrogens is 212 g/mol. The average molecular weight is 231 g/mol. The number of carbonyl (C=O) groups excluding carboxylic acids is 1. The lowest BCUT2D eigenvalue weighted by Crippen LogP contribution is -2.14. The van der Waals surface area contributed by atoms with Crippen LogP contribution in [0.3, 0.4) is 0 Å². The fourth-order valence-corrected chi connectivity index (χ4v) is 1.39. The van der Waals surface area contributed by atoms with E-state index in [1.165, 1.54) is 0 Å². The standard InChI is InChI=1S/C12H19ClO2/c1-3-4-5-8-11(2)15-12(14)9-6-7-10-13/h1,11H,4-10H2,2H3. The molecule has 3 heteroatoms. The van der Waals surface area contributed by atoms with Crippen LogP contribution in [0.5, 0.6) is 0 Å². The van der Waals surface area contributed by atoms with Crippen molar-refractivity contribution in [2.24, 2.45) is 0 Å². The zero-order chi connectivity index (χ0) is 11.5. The summed E-state index contributed by atoms with van der Waals surface area (Å²) in [6.07, 6.45) is 9.73. The van der Waals surface area contributed by atoms with Crippen molar-refractivity contribution in [3.63, 3.8) is 0 Å². The molecule has 0 saturated carbocycles. The van der Waals surface area contributed by atoms with Crippen LogP contribution in [-0.2, 0) is 9.53 Å². The molecule has 1 atom stereocenters. The summed E-state index contributed by atoms with van der Waals surface area (Å²) < 4.78 is 5.19.